The lowest BCUT2D eigenvalue weighted by molar-refractivity contribution is -0.140. The molecule has 0 bridgehead atoms. The minimum absolute atomic E-state index is 0.00163. The number of nitrogens with two attached hydrogens (primary N) is 1. The molecule has 3 rings (SSSR count). The molecule has 35 heavy (non-hydrogen) atoms. The maximum Gasteiger partial charge on any atom is 0.252 e. The fourth-order valence-corrected chi connectivity index (χ4v) is 5.68. The highest BCUT2D eigenvalue weighted by molar-refractivity contribution is 6.01. The quantitative estimate of drug-likeness (QED) is 0.450. The van der Waals surface area contributed by atoms with E-state index < -0.39 is 5.54 Å². The largest absolute Gasteiger partial charge is 0.369 e. The molecule has 0 aliphatic heterocycles. The molecule has 0 saturated heterocycles. The number of imide groups is 1. The van der Waals surface area contributed by atoms with Crippen molar-refractivity contribution in [2.45, 2.75) is 122 Å². The van der Waals surface area contributed by atoms with Crippen molar-refractivity contribution in [3.8, 4) is 0 Å². The van der Waals surface area contributed by atoms with E-state index in [2.05, 4.69) is 29.7 Å². The summed E-state index contributed by atoms with van der Waals surface area (Å²) in [6.07, 6.45) is 20.4. The number of unbranched alkanes of at least 4 members (excludes halogenated alkanes) is 1. The highest BCUT2D eigenvalue weighted by Crippen LogP contribution is 2.35. The van der Waals surface area contributed by atoms with Crippen LogP contribution in [0.4, 0.5) is 0 Å². The van der Waals surface area contributed by atoms with Crippen molar-refractivity contribution in [3.63, 3.8) is 0 Å². The van der Waals surface area contributed by atoms with Crippen molar-refractivity contribution in [1.82, 2.24) is 10.6 Å². The number of carbonyl (C=O) groups is 4. The zero-order valence-electron chi connectivity index (χ0n) is 21.9. The molecule has 3 aliphatic carbocycles. The Morgan fingerprint density at radius 2 is 1.49 bits per heavy atom. The average Bonchev–Trinajstić information content (AvgIpc) is 2.85. The lowest BCUT2D eigenvalue weighted by Crippen LogP contribution is -2.62. The van der Waals surface area contributed by atoms with Crippen LogP contribution < -0.4 is 16.4 Å². The maximum atomic E-state index is 12.9. The summed E-state index contributed by atoms with van der Waals surface area (Å²) in [6, 6.07) is 0. The molecule has 3 aliphatic rings. The molecule has 0 aromatic rings. The van der Waals surface area contributed by atoms with Gasteiger partial charge < -0.3 is 11.1 Å². The van der Waals surface area contributed by atoms with Gasteiger partial charge in [0.05, 0.1) is 0 Å². The zero-order valence-corrected chi connectivity index (χ0v) is 21.9. The molecule has 0 radical (unpaired) electrons. The standard InChI is InChI=1S/C21H34N2O3.C7H13NO/c1-3-4-6-10-17-11-9-14-21(15-17,20(26)22-16(2)24)23-19(25)18-12-7-5-8-13-18;8-7(9)6-4-2-1-3-5-6/h6,10,17-18H,3-5,7-9,11-15H2,1-2H3,(H,23,25)(H,22,24,26);6H,1-5H2,(H2,8,9). The minimum atomic E-state index is -0.959. The third kappa shape index (κ3) is 9.77. The van der Waals surface area contributed by atoms with Gasteiger partial charge in [0.1, 0.15) is 5.54 Å². The van der Waals surface area contributed by atoms with Gasteiger partial charge in [-0.2, -0.15) is 0 Å². The van der Waals surface area contributed by atoms with Crippen LogP contribution in [0, 0.1) is 17.8 Å². The molecule has 3 saturated carbocycles. The van der Waals surface area contributed by atoms with Crippen molar-refractivity contribution in [3.05, 3.63) is 12.2 Å². The Morgan fingerprint density at radius 3 is 2.00 bits per heavy atom. The maximum absolute atomic E-state index is 12.9. The molecule has 7 nitrogen and oxygen atoms in total. The topological polar surface area (TPSA) is 118 Å². The van der Waals surface area contributed by atoms with E-state index in [0.717, 1.165) is 64.2 Å². The molecule has 198 valence electrons. The minimum Gasteiger partial charge on any atom is -0.369 e. The van der Waals surface area contributed by atoms with E-state index in [1.807, 2.05) is 0 Å². The summed E-state index contributed by atoms with van der Waals surface area (Å²) in [6.45, 7) is 3.48. The molecule has 4 amide bonds. The van der Waals surface area contributed by atoms with Gasteiger partial charge in [-0.25, -0.2) is 0 Å². The summed E-state index contributed by atoms with van der Waals surface area (Å²) in [5, 5.41) is 5.52. The smallest absolute Gasteiger partial charge is 0.252 e. The fraction of sp³-hybridized carbons (Fsp3) is 0.786. The zero-order chi connectivity index (χ0) is 25.7. The first-order valence-electron chi connectivity index (χ1n) is 13.9. The van der Waals surface area contributed by atoms with Crippen LogP contribution in [-0.4, -0.2) is 29.2 Å². The predicted molar refractivity (Wildman–Crippen MR) is 138 cm³/mol. The molecule has 4 N–H and O–H groups in total. The lowest BCUT2D eigenvalue weighted by atomic mass is 9.74. The second-order valence-corrected chi connectivity index (χ2v) is 10.7. The molecule has 0 aromatic carbocycles. The highest BCUT2D eigenvalue weighted by atomic mass is 16.2. The van der Waals surface area contributed by atoms with E-state index in [1.54, 1.807) is 0 Å². The fourth-order valence-electron chi connectivity index (χ4n) is 5.68. The summed E-state index contributed by atoms with van der Waals surface area (Å²) in [5.41, 5.74) is 4.17. The molecule has 2 atom stereocenters. The number of nitrogens with one attached hydrogen (secondary N) is 2. The lowest BCUT2D eigenvalue weighted by Gasteiger charge is -2.40. The van der Waals surface area contributed by atoms with Crippen LogP contribution in [0.1, 0.15) is 117 Å². The second kappa shape index (κ2) is 15.0. The SMILES string of the molecule is CCCC=CC1CCCC(NC(=O)C2CCCCC2)(C(=O)NC(C)=O)C1.NC(=O)C1CCCCC1. The molecule has 0 spiro atoms. The summed E-state index contributed by atoms with van der Waals surface area (Å²) >= 11 is 0. The average molecular weight is 490 g/mol. The number of amides is 4. The van der Waals surface area contributed by atoms with Gasteiger partial charge in [0.15, 0.2) is 0 Å². The molecule has 0 aromatic heterocycles. The first-order chi connectivity index (χ1) is 16.8. The van der Waals surface area contributed by atoms with Crippen LogP contribution in [-0.2, 0) is 19.2 Å². The van der Waals surface area contributed by atoms with E-state index in [4.69, 9.17) is 5.73 Å². The van der Waals surface area contributed by atoms with E-state index in [0.29, 0.717) is 12.8 Å². The second-order valence-electron chi connectivity index (χ2n) is 10.7. The molecular weight excluding hydrogens is 442 g/mol. The normalized spacial score (nSPS) is 25.8. The first-order valence-corrected chi connectivity index (χ1v) is 13.9. The first kappa shape index (κ1) is 29.1. The number of primary amides is 1. The van der Waals surface area contributed by atoms with Crippen molar-refractivity contribution >= 4 is 23.6 Å². The monoisotopic (exact) mass is 489 g/mol. The van der Waals surface area contributed by atoms with Crippen LogP contribution >= 0.6 is 0 Å². The van der Waals surface area contributed by atoms with Gasteiger partial charge in [0.2, 0.25) is 17.7 Å². The van der Waals surface area contributed by atoms with E-state index in [-0.39, 0.29) is 41.4 Å². The summed E-state index contributed by atoms with van der Waals surface area (Å²) < 4.78 is 0. The Bertz CT molecular complexity index is 738. The summed E-state index contributed by atoms with van der Waals surface area (Å²) in [5.74, 6) is -0.371. The van der Waals surface area contributed by atoms with E-state index in [9.17, 15) is 19.2 Å². The number of rotatable bonds is 7. The molecule has 3 fully saturated rings. The summed E-state index contributed by atoms with van der Waals surface area (Å²) in [4.78, 5) is 47.7. The Hall–Kier alpha value is -2.18. The number of hydrogen-bond donors (Lipinski definition) is 3. The van der Waals surface area contributed by atoms with Crippen LogP contribution in [0.5, 0.6) is 0 Å². The van der Waals surface area contributed by atoms with Crippen LogP contribution in [0.15, 0.2) is 12.2 Å². The Labute approximate surface area is 211 Å². The van der Waals surface area contributed by atoms with Crippen LogP contribution in [0.3, 0.4) is 0 Å². The van der Waals surface area contributed by atoms with Gasteiger partial charge in [0.25, 0.3) is 5.91 Å². The van der Waals surface area contributed by atoms with Crippen molar-refractivity contribution in [2.75, 3.05) is 0 Å². The van der Waals surface area contributed by atoms with Crippen molar-refractivity contribution in [2.24, 2.45) is 23.5 Å². The van der Waals surface area contributed by atoms with Crippen molar-refractivity contribution < 1.29 is 19.2 Å². The van der Waals surface area contributed by atoms with Gasteiger partial charge in [0, 0.05) is 18.8 Å². The number of carbonyl (C=O) groups excluding carboxylic acids is 4. The number of hydrogen-bond acceptors (Lipinski definition) is 4. The molecule has 0 heterocycles. The van der Waals surface area contributed by atoms with E-state index >= 15 is 0 Å². The van der Waals surface area contributed by atoms with Crippen LogP contribution in [0.2, 0.25) is 0 Å². The number of allylic oxidation sites excluding steroid dienone is 2. The molecule has 7 heteroatoms. The molecule has 2 unspecified atom stereocenters. The van der Waals surface area contributed by atoms with Gasteiger partial charge in [-0.1, -0.05) is 64.0 Å². The van der Waals surface area contributed by atoms with Crippen molar-refractivity contribution in [1.29, 1.82) is 0 Å². The summed E-state index contributed by atoms with van der Waals surface area (Å²) in [7, 11) is 0. The molecular formula is C28H47N3O4. The van der Waals surface area contributed by atoms with Gasteiger partial charge in [-0.15, -0.1) is 0 Å². The Morgan fingerprint density at radius 1 is 0.886 bits per heavy atom. The van der Waals surface area contributed by atoms with Crippen LogP contribution in [0.25, 0.3) is 0 Å². The van der Waals surface area contributed by atoms with Gasteiger partial charge in [-0.3, -0.25) is 24.5 Å². The highest BCUT2D eigenvalue weighted by Gasteiger charge is 2.44. The third-order valence-electron chi connectivity index (χ3n) is 7.72. The van der Waals surface area contributed by atoms with Gasteiger partial charge in [-0.05, 0) is 63.7 Å². The Kier molecular flexibility index (Phi) is 12.5. The van der Waals surface area contributed by atoms with E-state index in [1.165, 1.54) is 32.6 Å². The van der Waals surface area contributed by atoms with Gasteiger partial charge >= 0.3 is 0 Å². The third-order valence-corrected chi connectivity index (χ3v) is 7.72. The predicted octanol–water partition coefficient (Wildman–Crippen LogP) is 4.68. The Balaban J connectivity index is 0.000000402.